The molecule has 35 heavy (non-hydrogen) atoms. The van der Waals surface area contributed by atoms with Crippen molar-refractivity contribution in [3.8, 4) is 5.75 Å². The van der Waals surface area contributed by atoms with Crippen molar-refractivity contribution in [2.24, 2.45) is 0 Å². The van der Waals surface area contributed by atoms with Gasteiger partial charge in [0.2, 0.25) is 5.91 Å². The highest BCUT2D eigenvalue weighted by Crippen LogP contribution is 2.39. The Balaban J connectivity index is 1.55. The standard InChI is InChI=1S/C29H26N2O4/c1-2-29(20-10-4-3-5-11-20,26-27(33)22-13-7-9-15-24(22)35-28(26)34)31-25(32)17-16-19-18-30-23-14-8-6-12-21(19)23/h3-15,18,30,33H,2,16-17H2,1H3,(H,31,32). The van der Waals surface area contributed by atoms with Crippen LogP contribution in [-0.2, 0) is 16.8 Å². The molecular formula is C29H26N2O4. The topological polar surface area (TPSA) is 95.3 Å². The lowest BCUT2D eigenvalue weighted by atomic mass is 9.80. The van der Waals surface area contributed by atoms with Crippen LogP contribution >= 0.6 is 0 Å². The first kappa shape index (κ1) is 22.5. The molecule has 0 spiro atoms. The first-order chi connectivity index (χ1) is 17.0. The number of aromatic hydroxyl groups is 1. The maximum absolute atomic E-state index is 13.3. The zero-order chi connectivity index (χ0) is 24.4. The van der Waals surface area contributed by atoms with Crippen LogP contribution in [0.5, 0.6) is 5.75 Å². The first-order valence-corrected chi connectivity index (χ1v) is 11.7. The van der Waals surface area contributed by atoms with Crippen molar-refractivity contribution < 1.29 is 14.3 Å². The molecule has 176 valence electrons. The normalized spacial score (nSPS) is 13.1. The molecule has 1 atom stereocenters. The monoisotopic (exact) mass is 466 g/mol. The minimum absolute atomic E-state index is 0.0327. The Morgan fingerprint density at radius 1 is 0.971 bits per heavy atom. The highest BCUT2D eigenvalue weighted by molar-refractivity contribution is 5.86. The van der Waals surface area contributed by atoms with E-state index in [9.17, 15) is 14.7 Å². The summed E-state index contributed by atoms with van der Waals surface area (Å²) in [5.41, 5.74) is 1.16. The van der Waals surface area contributed by atoms with Crippen molar-refractivity contribution in [2.75, 3.05) is 0 Å². The molecule has 2 heterocycles. The molecule has 0 aliphatic rings. The number of hydrogen-bond acceptors (Lipinski definition) is 4. The number of aromatic amines is 1. The molecule has 0 bridgehead atoms. The second-order valence-electron chi connectivity index (χ2n) is 8.64. The molecule has 0 aliphatic heterocycles. The Labute approximate surface area is 202 Å². The molecule has 5 aromatic rings. The van der Waals surface area contributed by atoms with Gasteiger partial charge in [-0.15, -0.1) is 0 Å². The molecule has 1 unspecified atom stereocenters. The number of amides is 1. The van der Waals surface area contributed by atoms with E-state index in [0.29, 0.717) is 29.4 Å². The van der Waals surface area contributed by atoms with Crippen molar-refractivity contribution in [2.45, 2.75) is 31.7 Å². The Hall–Kier alpha value is -4.32. The summed E-state index contributed by atoms with van der Waals surface area (Å²) in [5.74, 6) is -0.410. The number of rotatable bonds is 7. The van der Waals surface area contributed by atoms with Crippen LogP contribution < -0.4 is 10.9 Å². The van der Waals surface area contributed by atoms with Crippen LogP contribution in [0.25, 0.3) is 21.9 Å². The predicted molar refractivity (Wildman–Crippen MR) is 136 cm³/mol. The third-order valence-corrected chi connectivity index (χ3v) is 6.66. The lowest BCUT2D eigenvalue weighted by Crippen LogP contribution is -2.49. The number of fused-ring (bicyclic) bond motifs is 2. The maximum atomic E-state index is 13.3. The number of aryl methyl sites for hydroxylation is 1. The summed E-state index contributed by atoms with van der Waals surface area (Å²) < 4.78 is 5.58. The van der Waals surface area contributed by atoms with Crippen LogP contribution in [0.3, 0.4) is 0 Å². The van der Waals surface area contributed by atoms with Gasteiger partial charge < -0.3 is 19.8 Å². The lowest BCUT2D eigenvalue weighted by Gasteiger charge is -2.34. The molecule has 5 rings (SSSR count). The van der Waals surface area contributed by atoms with Crippen molar-refractivity contribution in [1.29, 1.82) is 0 Å². The predicted octanol–water partition coefficient (Wildman–Crippen LogP) is 5.38. The van der Waals surface area contributed by atoms with Gasteiger partial charge in [-0.25, -0.2) is 4.79 Å². The molecule has 0 fully saturated rings. The summed E-state index contributed by atoms with van der Waals surface area (Å²) in [5, 5.41) is 15.9. The summed E-state index contributed by atoms with van der Waals surface area (Å²) >= 11 is 0. The molecule has 2 aromatic heterocycles. The minimum Gasteiger partial charge on any atom is -0.507 e. The number of hydrogen-bond donors (Lipinski definition) is 3. The zero-order valence-electron chi connectivity index (χ0n) is 19.4. The zero-order valence-corrected chi connectivity index (χ0v) is 19.4. The van der Waals surface area contributed by atoms with E-state index < -0.39 is 11.2 Å². The highest BCUT2D eigenvalue weighted by atomic mass is 16.4. The van der Waals surface area contributed by atoms with E-state index in [1.54, 1.807) is 24.3 Å². The number of carbonyl (C=O) groups is 1. The largest absolute Gasteiger partial charge is 0.507 e. The van der Waals surface area contributed by atoms with Crippen LogP contribution in [0, 0.1) is 0 Å². The third kappa shape index (κ3) is 3.97. The number of aromatic nitrogens is 1. The molecular weight excluding hydrogens is 440 g/mol. The van der Waals surface area contributed by atoms with E-state index in [1.165, 1.54) is 0 Å². The summed E-state index contributed by atoms with van der Waals surface area (Å²) in [6.45, 7) is 1.88. The maximum Gasteiger partial charge on any atom is 0.346 e. The minimum atomic E-state index is -1.26. The summed E-state index contributed by atoms with van der Waals surface area (Å²) in [4.78, 5) is 29.8. The van der Waals surface area contributed by atoms with Crippen molar-refractivity contribution in [3.05, 3.63) is 112 Å². The van der Waals surface area contributed by atoms with Gasteiger partial charge in [-0.05, 0) is 42.2 Å². The van der Waals surface area contributed by atoms with Gasteiger partial charge in [0.1, 0.15) is 22.4 Å². The molecule has 0 saturated carbocycles. The van der Waals surface area contributed by atoms with E-state index >= 15 is 0 Å². The van der Waals surface area contributed by atoms with Gasteiger partial charge in [0.05, 0.1) is 5.39 Å². The van der Waals surface area contributed by atoms with Crippen LogP contribution in [0.1, 0.15) is 36.5 Å². The van der Waals surface area contributed by atoms with E-state index in [4.69, 9.17) is 4.42 Å². The van der Waals surface area contributed by atoms with Gasteiger partial charge in [-0.3, -0.25) is 4.79 Å². The van der Waals surface area contributed by atoms with Crippen molar-refractivity contribution in [3.63, 3.8) is 0 Å². The molecule has 3 aromatic carbocycles. The number of para-hydroxylation sites is 2. The van der Waals surface area contributed by atoms with E-state index in [-0.39, 0.29) is 23.6 Å². The number of nitrogens with one attached hydrogen (secondary N) is 2. The first-order valence-electron chi connectivity index (χ1n) is 11.7. The Morgan fingerprint density at radius 3 is 2.43 bits per heavy atom. The Bertz CT molecular complexity index is 1570. The number of benzene rings is 3. The van der Waals surface area contributed by atoms with Gasteiger partial charge in [-0.1, -0.05) is 67.6 Å². The SMILES string of the molecule is CCC(NC(=O)CCc1c[nH]c2ccccc12)(c1ccccc1)c1c(O)c2ccccc2oc1=O. The Morgan fingerprint density at radius 2 is 1.66 bits per heavy atom. The molecule has 6 heteroatoms. The second-order valence-corrected chi connectivity index (χ2v) is 8.64. The van der Waals surface area contributed by atoms with Crippen molar-refractivity contribution in [1.82, 2.24) is 10.3 Å². The van der Waals surface area contributed by atoms with Crippen molar-refractivity contribution >= 4 is 27.8 Å². The Kier molecular flexibility index (Phi) is 5.87. The van der Waals surface area contributed by atoms with E-state index in [1.807, 2.05) is 67.7 Å². The van der Waals surface area contributed by atoms with E-state index in [0.717, 1.165) is 16.5 Å². The number of carbonyl (C=O) groups excluding carboxylic acids is 1. The third-order valence-electron chi connectivity index (χ3n) is 6.66. The molecule has 6 nitrogen and oxygen atoms in total. The van der Waals surface area contributed by atoms with Gasteiger partial charge >= 0.3 is 5.63 Å². The molecule has 0 radical (unpaired) electrons. The highest BCUT2D eigenvalue weighted by Gasteiger charge is 2.40. The fourth-order valence-corrected chi connectivity index (χ4v) is 4.87. The molecule has 3 N–H and O–H groups in total. The average molecular weight is 467 g/mol. The number of H-pyrrole nitrogens is 1. The fourth-order valence-electron chi connectivity index (χ4n) is 4.87. The van der Waals surface area contributed by atoms with Gasteiger partial charge in [0, 0.05) is 23.5 Å². The quantitative estimate of drug-likeness (QED) is 0.281. The van der Waals surface area contributed by atoms with Crippen LogP contribution in [0.4, 0.5) is 0 Å². The molecule has 1 amide bonds. The summed E-state index contributed by atoms with van der Waals surface area (Å²) in [6, 6.07) is 24.0. The fraction of sp³-hybridized carbons (Fsp3) is 0.172. The summed E-state index contributed by atoms with van der Waals surface area (Å²) in [7, 11) is 0. The van der Waals surface area contributed by atoms with Crippen LogP contribution in [0.2, 0.25) is 0 Å². The van der Waals surface area contributed by atoms with Crippen LogP contribution in [-0.4, -0.2) is 16.0 Å². The van der Waals surface area contributed by atoms with Crippen LogP contribution in [0.15, 0.2) is 94.3 Å². The molecule has 0 aliphatic carbocycles. The van der Waals surface area contributed by atoms with Gasteiger partial charge in [0.15, 0.2) is 0 Å². The smallest absolute Gasteiger partial charge is 0.346 e. The lowest BCUT2D eigenvalue weighted by molar-refractivity contribution is -0.122. The van der Waals surface area contributed by atoms with Gasteiger partial charge in [-0.2, -0.15) is 0 Å². The van der Waals surface area contributed by atoms with E-state index in [2.05, 4.69) is 10.3 Å². The second kappa shape index (κ2) is 9.14. The van der Waals surface area contributed by atoms with Gasteiger partial charge in [0.25, 0.3) is 0 Å². The average Bonchev–Trinajstić information content (AvgIpc) is 3.30. The summed E-state index contributed by atoms with van der Waals surface area (Å²) in [6.07, 6.45) is 3.01. The molecule has 0 saturated heterocycles.